The highest BCUT2D eigenvalue weighted by Crippen LogP contribution is 2.34. The number of halogens is 3. The molecule has 21 heavy (non-hydrogen) atoms. The highest BCUT2D eigenvalue weighted by molar-refractivity contribution is 5.74. The summed E-state index contributed by atoms with van der Waals surface area (Å²) in [6, 6.07) is 10.6. The summed E-state index contributed by atoms with van der Waals surface area (Å²) in [7, 11) is 1.57. The van der Waals surface area contributed by atoms with Gasteiger partial charge in [-0.3, -0.25) is 0 Å². The zero-order valence-electron chi connectivity index (χ0n) is 11.4. The molecular weight excluding hydrogens is 281 g/mol. The minimum atomic E-state index is -4.40. The first-order valence-electron chi connectivity index (χ1n) is 6.22. The number of nitrogens with two attached hydrogens (primary N) is 1. The lowest BCUT2D eigenvalue weighted by atomic mass is 10.1. The molecule has 0 saturated heterocycles. The summed E-state index contributed by atoms with van der Waals surface area (Å²) in [4.78, 5) is 0. The van der Waals surface area contributed by atoms with E-state index in [1.807, 2.05) is 24.3 Å². The van der Waals surface area contributed by atoms with Crippen LogP contribution in [-0.2, 0) is 17.5 Å². The average molecular weight is 296 g/mol. The van der Waals surface area contributed by atoms with Crippen molar-refractivity contribution in [2.45, 2.75) is 12.8 Å². The molecule has 3 nitrogen and oxygen atoms in total. The SMILES string of the molecule is COCc1ccccc1Nc1ccc(C(F)(F)F)cc1N. The molecule has 0 atom stereocenters. The van der Waals surface area contributed by atoms with Crippen LogP contribution in [0, 0.1) is 0 Å². The van der Waals surface area contributed by atoms with Gasteiger partial charge in [-0.1, -0.05) is 18.2 Å². The Labute approximate surface area is 120 Å². The fourth-order valence-electron chi connectivity index (χ4n) is 1.92. The largest absolute Gasteiger partial charge is 0.416 e. The number of methoxy groups -OCH3 is 1. The third-order valence-electron chi connectivity index (χ3n) is 2.97. The standard InChI is InChI=1S/C15H15F3N2O/c1-21-9-10-4-2-3-5-13(10)20-14-7-6-11(8-12(14)19)15(16,17)18/h2-8,20H,9,19H2,1H3. The van der Waals surface area contributed by atoms with E-state index in [1.54, 1.807) is 7.11 Å². The van der Waals surface area contributed by atoms with Crippen LogP contribution in [0.2, 0.25) is 0 Å². The second kappa shape index (κ2) is 6.05. The van der Waals surface area contributed by atoms with Crippen molar-refractivity contribution in [2.24, 2.45) is 0 Å². The van der Waals surface area contributed by atoms with E-state index >= 15 is 0 Å². The quantitative estimate of drug-likeness (QED) is 0.832. The van der Waals surface area contributed by atoms with E-state index in [0.717, 1.165) is 23.4 Å². The van der Waals surface area contributed by atoms with Crippen LogP contribution in [0.5, 0.6) is 0 Å². The first-order chi connectivity index (χ1) is 9.91. The highest BCUT2D eigenvalue weighted by Gasteiger charge is 2.30. The van der Waals surface area contributed by atoms with Crippen molar-refractivity contribution in [3.63, 3.8) is 0 Å². The summed E-state index contributed by atoms with van der Waals surface area (Å²) in [6.07, 6.45) is -4.40. The zero-order valence-corrected chi connectivity index (χ0v) is 11.4. The molecule has 0 amide bonds. The van der Waals surface area contributed by atoms with Crippen molar-refractivity contribution < 1.29 is 17.9 Å². The van der Waals surface area contributed by atoms with Gasteiger partial charge in [0.25, 0.3) is 0 Å². The Morgan fingerprint density at radius 2 is 1.81 bits per heavy atom. The number of para-hydroxylation sites is 1. The Morgan fingerprint density at radius 1 is 1.10 bits per heavy atom. The molecule has 0 aliphatic heterocycles. The number of anilines is 3. The zero-order chi connectivity index (χ0) is 15.5. The lowest BCUT2D eigenvalue weighted by Crippen LogP contribution is -2.07. The Hall–Kier alpha value is -2.21. The lowest BCUT2D eigenvalue weighted by molar-refractivity contribution is -0.137. The van der Waals surface area contributed by atoms with E-state index in [0.29, 0.717) is 12.3 Å². The number of nitrogens with one attached hydrogen (secondary N) is 1. The van der Waals surface area contributed by atoms with Crippen molar-refractivity contribution >= 4 is 17.1 Å². The summed E-state index contributed by atoms with van der Waals surface area (Å²) < 4.78 is 42.9. The summed E-state index contributed by atoms with van der Waals surface area (Å²) >= 11 is 0. The fourth-order valence-corrected chi connectivity index (χ4v) is 1.92. The molecule has 0 heterocycles. The normalized spacial score (nSPS) is 11.4. The maximum Gasteiger partial charge on any atom is 0.416 e. The molecule has 3 N–H and O–H groups in total. The van der Waals surface area contributed by atoms with Gasteiger partial charge in [0.05, 0.1) is 23.5 Å². The predicted molar refractivity (Wildman–Crippen MR) is 76.3 cm³/mol. The maximum atomic E-state index is 12.6. The number of alkyl halides is 3. The second-order valence-electron chi connectivity index (χ2n) is 4.51. The summed E-state index contributed by atoms with van der Waals surface area (Å²) in [5.74, 6) is 0. The Balaban J connectivity index is 2.28. The highest BCUT2D eigenvalue weighted by atomic mass is 19.4. The van der Waals surface area contributed by atoms with Gasteiger partial charge in [-0.15, -0.1) is 0 Å². The van der Waals surface area contributed by atoms with Crippen LogP contribution < -0.4 is 11.1 Å². The number of rotatable bonds is 4. The minimum absolute atomic E-state index is 0.0389. The second-order valence-corrected chi connectivity index (χ2v) is 4.51. The van der Waals surface area contributed by atoms with Crippen LogP contribution in [0.25, 0.3) is 0 Å². The minimum Gasteiger partial charge on any atom is -0.397 e. The van der Waals surface area contributed by atoms with Gasteiger partial charge in [-0.2, -0.15) is 13.2 Å². The van der Waals surface area contributed by atoms with E-state index in [1.165, 1.54) is 6.07 Å². The Morgan fingerprint density at radius 3 is 2.43 bits per heavy atom. The van der Waals surface area contributed by atoms with Gasteiger partial charge in [0.2, 0.25) is 0 Å². The molecule has 0 aliphatic rings. The van der Waals surface area contributed by atoms with Gasteiger partial charge >= 0.3 is 6.18 Å². The molecule has 0 unspecified atom stereocenters. The number of ether oxygens (including phenoxy) is 1. The van der Waals surface area contributed by atoms with Gasteiger partial charge in [-0.25, -0.2) is 0 Å². The molecule has 6 heteroatoms. The smallest absolute Gasteiger partial charge is 0.397 e. The van der Waals surface area contributed by atoms with E-state index < -0.39 is 11.7 Å². The van der Waals surface area contributed by atoms with Crippen molar-refractivity contribution in [2.75, 3.05) is 18.2 Å². The van der Waals surface area contributed by atoms with Crippen LogP contribution in [0.3, 0.4) is 0 Å². The molecule has 2 aromatic carbocycles. The van der Waals surface area contributed by atoms with Crippen molar-refractivity contribution in [3.8, 4) is 0 Å². The average Bonchev–Trinajstić information content (AvgIpc) is 2.42. The molecule has 112 valence electrons. The molecule has 2 aromatic rings. The Kier molecular flexibility index (Phi) is 4.37. The molecule has 0 saturated carbocycles. The molecule has 0 fully saturated rings. The van der Waals surface area contributed by atoms with Crippen molar-refractivity contribution in [1.82, 2.24) is 0 Å². The van der Waals surface area contributed by atoms with Crippen molar-refractivity contribution in [3.05, 3.63) is 53.6 Å². The molecule has 2 rings (SSSR count). The monoisotopic (exact) mass is 296 g/mol. The molecular formula is C15H15F3N2O. The predicted octanol–water partition coefficient (Wildman–Crippen LogP) is 4.18. The van der Waals surface area contributed by atoms with Gasteiger partial charge in [0.1, 0.15) is 0 Å². The fraction of sp³-hybridized carbons (Fsp3) is 0.200. The van der Waals surface area contributed by atoms with Crippen LogP contribution in [-0.4, -0.2) is 7.11 Å². The molecule has 0 spiro atoms. The van der Waals surface area contributed by atoms with Gasteiger partial charge in [0.15, 0.2) is 0 Å². The molecule has 0 bridgehead atoms. The van der Waals surface area contributed by atoms with Gasteiger partial charge in [-0.05, 0) is 24.3 Å². The lowest BCUT2D eigenvalue weighted by Gasteiger charge is -2.15. The Bertz CT molecular complexity index is 627. The number of nitrogen functional groups attached to an aromatic ring is 1. The van der Waals surface area contributed by atoms with Crippen molar-refractivity contribution in [1.29, 1.82) is 0 Å². The van der Waals surface area contributed by atoms with Gasteiger partial charge < -0.3 is 15.8 Å². The summed E-state index contributed by atoms with van der Waals surface area (Å²) in [5.41, 5.74) is 7.02. The van der Waals surface area contributed by atoms with Crippen LogP contribution >= 0.6 is 0 Å². The first-order valence-corrected chi connectivity index (χ1v) is 6.22. The molecule has 0 aromatic heterocycles. The number of hydrogen-bond donors (Lipinski definition) is 2. The molecule has 0 aliphatic carbocycles. The number of benzene rings is 2. The van der Waals surface area contributed by atoms with Crippen LogP contribution in [0.4, 0.5) is 30.2 Å². The maximum absolute atomic E-state index is 12.6. The third kappa shape index (κ3) is 3.66. The van der Waals surface area contributed by atoms with E-state index in [2.05, 4.69) is 5.32 Å². The molecule has 0 radical (unpaired) electrons. The van der Waals surface area contributed by atoms with E-state index in [4.69, 9.17) is 10.5 Å². The first kappa shape index (κ1) is 15.2. The third-order valence-corrected chi connectivity index (χ3v) is 2.97. The van der Waals surface area contributed by atoms with E-state index in [-0.39, 0.29) is 5.69 Å². The van der Waals surface area contributed by atoms with Crippen LogP contribution in [0.15, 0.2) is 42.5 Å². The van der Waals surface area contributed by atoms with E-state index in [9.17, 15) is 13.2 Å². The summed E-state index contributed by atoms with van der Waals surface area (Å²) in [6.45, 7) is 0.393. The van der Waals surface area contributed by atoms with Crippen LogP contribution in [0.1, 0.15) is 11.1 Å². The topological polar surface area (TPSA) is 47.3 Å². The number of hydrogen-bond acceptors (Lipinski definition) is 3. The summed E-state index contributed by atoms with van der Waals surface area (Å²) in [5, 5.41) is 3.03. The van der Waals surface area contributed by atoms with Gasteiger partial charge in [0, 0.05) is 18.4 Å².